The average molecular weight is 234 g/mol. The zero-order valence-electron chi connectivity index (χ0n) is 9.13. The Kier molecular flexibility index (Phi) is 2.78. The third-order valence-electron chi connectivity index (χ3n) is 2.32. The highest BCUT2D eigenvalue weighted by atomic mass is 19.1. The number of aromatic nitrogens is 2. The molecule has 0 saturated carbocycles. The Bertz CT molecular complexity index is 577. The van der Waals surface area contributed by atoms with Crippen molar-refractivity contribution < 1.29 is 9.60 Å². The van der Waals surface area contributed by atoms with Gasteiger partial charge in [0.15, 0.2) is 5.84 Å². The first-order valence-corrected chi connectivity index (χ1v) is 4.92. The molecule has 6 heteroatoms. The highest BCUT2D eigenvalue weighted by Crippen LogP contribution is 2.14. The summed E-state index contributed by atoms with van der Waals surface area (Å²) in [5.41, 5.74) is 6.79. The van der Waals surface area contributed by atoms with E-state index < -0.39 is 5.82 Å². The molecule has 0 aliphatic heterocycles. The van der Waals surface area contributed by atoms with E-state index in [4.69, 9.17) is 10.9 Å². The van der Waals surface area contributed by atoms with E-state index >= 15 is 0 Å². The van der Waals surface area contributed by atoms with Crippen molar-refractivity contribution >= 4 is 5.84 Å². The molecule has 0 aliphatic carbocycles. The van der Waals surface area contributed by atoms with Crippen LogP contribution in [0, 0.1) is 12.7 Å². The van der Waals surface area contributed by atoms with Gasteiger partial charge in [0, 0.05) is 11.8 Å². The minimum absolute atomic E-state index is 0.132. The van der Waals surface area contributed by atoms with E-state index in [2.05, 4.69) is 10.3 Å². The maximum Gasteiger partial charge on any atom is 0.170 e. The minimum atomic E-state index is -0.489. The van der Waals surface area contributed by atoms with Gasteiger partial charge in [-0.15, -0.1) is 0 Å². The molecule has 1 aromatic carbocycles. The lowest BCUT2D eigenvalue weighted by Crippen LogP contribution is -2.13. The van der Waals surface area contributed by atoms with Gasteiger partial charge in [-0.2, -0.15) is 5.10 Å². The molecule has 1 aromatic heterocycles. The molecule has 0 spiro atoms. The maximum absolute atomic E-state index is 13.8. The number of amidine groups is 1. The Morgan fingerprint density at radius 3 is 2.76 bits per heavy atom. The largest absolute Gasteiger partial charge is 0.409 e. The Hall–Kier alpha value is -2.37. The molecule has 0 atom stereocenters. The molecule has 17 heavy (non-hydrogen) atoms. The van der Waals surface area contributed by atoms with Gasteiger partial charge in [0.1, 0.15) is 11.5 Å². The fourth-order valence-electron chi connectivity index (χ4n) is 1.46. The molecule has 0 saturated heterocycles. The normalized spacial score (nSPS) is 11.8. The van der Waals surface area contributed by atoms with Crippen LogP contribution in [-0.4, -0.2) is 20.8 Å². The summed E-state index contributed by atoms with van der Waals surface area (Å²) < 4.78 is 15.2. The molecule has 0 radical (unpaired) electrons. The highest BCUT2D eigenvalue weighted by molar-refractivity contribution is 5.97. The van der Waals surface area contributed by atoms with Gasteiger partial charge in [0.2, 0.25) is 0 Å². The van der Waals surface area contributed by atoms with Crippen molar-refractivity contribution in [3.63, 3.8) is 0 Å². The Labute approximate surface area is 97.0 Å². The molecule has 0 fully saturated rings. The first-order valence-electron chi connectivity index (χ1n) is 4.92. The van der Waals surface area contributed by atoms with E-state index in [1.54, 1.807) is 18.3 Å². The zero-order valence-corrected chi connectivity index (χ0v) is 9.13. The van der Waals surface area contributed by atoms with Crippen molar-refractivity contribution in [3.05, 3.63) is 47.5 Å². The van der Waals surface area contributed by atoms with E-state index in [0.717, 1.165) is 5.69 Å². The van der Waals surface area contributed by atoms with E-state index in [1.807, 2.05) is 6.92 Å². The molecule has 5 nitrogen and oxygen atoms in total. The molecular formula is C11H11FN4O. The molecule has 0 bridgehead atoms. The van der Waals surface area contributed by atoms with Crippen molar-refractivity contribution in [1.29, 1.82) is 0 Å². The van der Waals surface area contributed by atoms with Crippen LogP contribution in [0.2, 0.25) is 0 Å². The maximum atomic E-state index is 13.8. The van der Waals surface area contributed by atoms with Crippen LogP contribution in [0.25, 0.3) is 5.69 Å². The number of benzene rings is 1. The van der Waals surface area contributed by atoms with Crippen LogP contribution >= 0.6 is 0 Å². The van der Waals surface area contributed by atoms with Crippen molar-refractivity contribution in [2.24, 2.45) is 10.9 Å². The summed E-state index contributed by atoms with van der Waals surface area (Å²) in [6.45, 7) is 1.82. The standard InChI is InChI=1S/C11H11FN4O/c1-7-4-5-16(14-7)10-3-2-8(6-9(10)12)11(13)15-17/h2-6,17H,1H3,(H2,13,15). The number of hydrogen-bond donors (Lipinski definition) is 2. The van der Waals surface area contributed by atoms with Gasteiger partial charge in [-0.1, -0.05) is 5.16 Å². The topological polar surface area (TPSA) is 76.4 Å². The van der Waals surface area contributed by atoms with Gasteiger partial charge in [-0.05, 0) is 31.2 Å². The number of aryl methyl sites for hydroxylation is 1. The number of hydrogen-bond acceptors (Lipinski definition) is 3. The summed E-state index contributed by atoms with van der Waals surface area (Å²) in [7, 11) is 0. The molecule has 0 amide bonds. The lowest BCUT2D eigenvalue weighted by atomic mass is 10.2. The van der Waals surface area contributed by atoms with Crippen LogP contribution in [0.3, 0.4) is 0 Å². The molecule has 3 N–H and O–H groups in total. The molecule has 88 valence electrons. The van der Waals surface area contributed by atoms with E-state index in [9.17, 15) is 4.39 Å². The summed E-state index contributed by atoms with van der Waals surface area (Å²) >= 11 is 0. The van der Waals surface area contributed by atoms with Gasteiger partial charge >= 0.3 is 0 Å². The molecular weight excluding hydrogens is 223 g/mol. The van der Waals surface area contributed by atoms with Crippen molar-refractivity contribution in [2.45, 2.75) is 6.92 Å². The van der Waals surface area contributed by atoms with Crippen LogP contribution < -0.4 is 5.73 Å². The molecule has 0 unspecified atom stereocenters. The lowest BCUT2D eigenvalue weighted by molar-refractivity contribution is 0.318. The summed E-state index contributed by atoms with van der Waals surface area (Å²) in [6, 6.07) is 6.05. The van der Waals surface area contributed by atoms with Crippen LogP contribution in [-0.2, 0) is 0 Å². The second-order valence-corrected chi connectivity index (χ2v) is 3.55. The third kappa shape index (κ3) is 2.10. The van der Waals surface area contributed by atoms with Gasteiger partial charge in [-0.3, -0.25) is 0 Å². The molecule has 2 rings (SSSR count). The Morgan fingerprint density at radius 2 is 2.24 bits per heavy atom. The molecule has 1 heterocycles. The Balaban J connectivity index is 2.45. The van der Waals surface area contributed by atoms with Gasteiger partial charge in [0.25, 0.3) is 0 Å². The monoisotopic (exact) mass is 234 g/mol. The van der Waals surface area contributed by atoms with Crippen LogP contribution in [0.1, 0.15) is 11.3 Å². The Morgan fingerprint density at radius 1 is 1.47 bits per heavy atom. The first kappa shape index (κ1) is 11.1. The number of rotatable bonds is 2. The second-order valence-electron chi connectivity index (χ2n) is 3.55. The average Bonchev–Trinajstić information content (AvgIpc) is 2.74. The molecule has 0 aliphatic rings. The summed E-state index contributed by atoms with van der Waals surface area (Å²) in [4.78, 5) is 0. The van der Waals surface area contributed by atoms with E-state index in [-0.39, 0.29) is 5.84 Å². The summed E-state index contributed by atoms with van der Waals surface area (Å²) in [5, 5.41) is 15.4. The SMILES string of the molecule is Cc1ccn(-c2ccc(C(N)=NO)cc2F)n1. The first-order chi connectivity index (χ1) is 8.11. The highest BCUT2D eigenvalue weighted by Gasteiger charge is 2.08. The van der Waals surface area contributed by atoms with Crippen molar-refractivity contribution in [2.75, 3.05) is 0 Å². The predicted molar refractivity (Wildman–Crippen MR) is 60.8 cm³/mol. The predicted octanol–water partition coefficient (Wildman–Crippen LogP) is 1.41. The summed E-state index contributed by atoms with van der Waals surface area (Å²) in [6.07, 6.45) is 1.66. The van der Waals surface area contributed by atoms with Gasteiger partial charge in [-0.25, -0.2) is 9.07 Å². The fraction of sp³-hybridized carbons (Fsp3) is 0.0909. The number of oxime groups is 1. The fourth-order valence-corrected chi connectivity index (χ4v) is 1.46. The van der Waals surface area contributed by atoms with Gasteiger partial charge in [0.05, 0.1) is 5.69 Å². The number of nitrogens with two attached hydrogens (primary N) is 1. The van der Waals surface area contributed by atoms with Crippen LogP contribution in [0.4, 0.5) is 4.39 Å². The second kappa shape index (κ2) is 4.25. The zero-order chi connectivity index (χ0) is 12.4. The van der Waals surface area contributed by atoms with Crippen LogP contribution in [0.5, 0.6) is 0 Å². The van der Waals surface area contributed by atoms with E-state index in [1.165, 1.54) is 16.8 Å². The van der Waals surface area contributed by atoms with E-state index in [0.29, 0.717) is 11.3 Å². The van der Waals surface area contributed by atoms with Gasteiger partial charge < -0.3 is 10.9 Å². The molecule has 2 aromatic rings. The van der Waals surface area contributed by atoms with Crippen LogP contribution in [0.15, 0.2) is 35.6 Å². The quantitative estimate of drug-likeness (QED) is 0.357. The lowest BCUT2D eigenvalue weighted by Gasteiger charge is -2.05. The van der Waals surface area contributed by atoms with Crippen molar-refractivity contribution in [3.8, 4) is 5.69 Å². The minimum Gasteiger partial charge on any atom is -0.409 e. The smallest absolute Gasteiger partial charge is 0.170 e. The summed E-state index contributed by atoms with van der Waals surface area (Å²) in [5.74, 6) is -0.621. The number of nitrogens with zero attached hydrogens (tertiary/aromatic N) is 3. The number of halogens is 1. The van der Waals surface area contributed by atoms with Crippen molar-refractivity contribution in [1.82, 2.24) is 9.78 Å². The third-order valence-corrected chi connectivity index (χ3v) is 2.32.